The van der Waals surface area contributed by atoms with E-state index in [2.05, 4.69) is 25.2 Å². The summed E-state index contributed by atoms with van der Waals surface area (Å²) in [6, 6.07) is 0.427. The molecule has 1 aliphatic carbocycles. The number of carbonyl (C=O) groups is 1. The Kier molecular flexibility index (Phi) is 6.41. The first-order valence-corrected chi connectivity index (χ1v) is 9.51. The predicted octanol–water partition coefficient (Wildman–Crippen LogP) is 0.714. The Hall–Kier alpha value is -2.45. The molecule has 1 aromatic rings. The van der Waals surface area contributed by atoms with Gasteiger partial charge < -0.3 is 20.0 Å². The van der Waals surface area contributed by atoms with Crippen LogP contribution in [0.3, 0.4) is 0 Å². The molecule has 1 amide bonds. The van der Waals surface area contributed by atoms with Crippen LogP contribution in [0.5, 0.6) is 0 Å². The third kappa shape index (κ3) is 5.27. The molecular formula is C18H28FN7O. The van der Waals surface area contributed by atoms with Crippen LogP contribution < -0.4 is 10.2 Å². The summed E-state index contributed by atoms with van der Waals surface area (Å²) in [5.74, 6) is 0.898. The van der Waals surface area contributed by atoms with Crippen molar-refractivity contribution >= 4 is 17.8 Å². The molecule has 9 heteroatoms. The van der Waals surface area contributed by atoms with Gasteiger partial charge in [0.1, 0.15) is 6.54 Å². The quantitative estimate of drug-likeness (QED) is 0.615. The number of carbonyl (C=O) groups excluding carboxylic acids is 1. The number of nitrogens with zero attached hydrogens (tertiary/aromatic N) is 6. The van der Waals surface area contributed by atoms with Gasteiger partial charge in [-0.15, -0.1) is 0 Å². The zero-order valence-electron chi connectivity index (χ0n) is 16.1. The maximum atomic E-state index is 13.0. The number of hydrogen-bond acceptors (Lipinski definition) is 5. The Morgan fingerprint density at radius 2 is 1.85 bits per heavy atom. The number of likely N-dealkylation sites (N-methyl/N-ethyl adjacent to an activating group) is 1. The first-order valence-electron chi connectivity index (χ1n) is 9.51. The van der Waals surface area contributed by atoms with Crippen molar-refractivity contribution in [1.29, 1.82) is 0 Å². The molecule has 2 aliphatic rings. The highest BCUT2D eigenvalue weighted by Gasteiger charge is 2.24. The minimum absolute atomic E-state index is 0.0147. The number of nitrogens with one attached hydrogen (secondary N) is 1. The molecule has 8 nitrogen and oxygen atoms in total. The summed E-state index contributed by atoms with van der Waals surface area (Å²) in [4.78, 5) is 30.4. The average molecular weight is 377 g/mol. The Bertz CT molecular complexity index is 650. The van der Waals surface area contributed by atoms with Gasteiger partial charge in [0.05, 0.1) is 12.4 Å². The normalized spacial score (nSPS) is 18.7. The van der Waals surface area contributed by atoms with Crippen LogP contribution in [0.2, 0.25) is 0 Å². The summed E-state index contributed by atoms with van der Waals surface area (Å²) >= 11 is 0. The number of amides is 1. The summed E-state index contributed by atoms with van der Waals surface area (Å²) < 4.78 is 13.0. The van der Waals surface area contributed by atoms with Gasteiger partial charge in [0.15, 0.2) is 11.8 Å². The Morgan fingerprint density at radius 1 is 1.22 bits per heavy atom. The highest BCUT2D eigenvalue weighted by molar-refractivity contribution is 5.85. The van der Waals surface area contributed by atoms with E-state index in [0.717, 1.165) is 45.0 Å². The first-order chi connectivity index (χ1) is 13.0. The molecule has 148 valence electrons. The highest BCUT2D eigenvalue weighted by Crippen LogP contribution is 2.18. The van der Waals surface area contributed by atoms with Crippen molar-refractivity contribution in [3.63, 3.8) is 0 Å². The Labute approximate surface area is 159 Å². The van der Waals surface area contributed by atoms with Crippen molar-refractivity contribution in [2.24, 2.45) is 4.99 Å². The molecule has 0 radical (unpaired) electrons. The number of rotatable bonds is 4. The van der Waals surface area contributed by atoms with E-state index in [0.29, 0.717) is 12.0 Å². The zero-order chi connectivity index (χ0) is 19.2. The van der Waals surface area contributed by atoms with E-state index < -0.39 is 5.82 Å². The zero-order valence-corrected chi connectivity index (χ0v) is 16.1. The molecule has 3 rings (SSSR count). The molecule has 1 aromatic heterocycles. The number of hydrogen-bond donors (Lipinski definition) is 1. The molecule has 27 heavy (non-hydrogen) atoms. The highest BCUT2D eigenvalue weighted by atomic mass is 19.1. The largest absolute Gasteiger partial charge is 0.353 e. The second kappa shape index (κ2) is 8.96. The van der Waals surface area contributed by atoms with Crippen LogP contribution in [0.1, 0.15) is 25.7 Å². The number of halogens is 1. The number of anilines is 1. The minimum Gasteiger partial charge on any atom is -0.353 e. The van der Waals surface area contributed by atoms with Crippen LogP contribution in [0, 0.1) is 5.82 Å². The summed E-state index contributed by atoms with van der Waals surface area (Å²) in [5.41, 5.74) is 0. The van der Waals surface area contributed by atoms with Crippen molar-refractivity contribution in [3.05, 3.63) is 18.2 Å². The number of guanidine groups is 1. The van der Waals surface area contributed by atoms with Crippen LogP contribution in [0.25, 0.3) is 0 Å². The van der Waals surface area contributed by atoms with Crippen LogP contribution in [-0.2, 0) is 4.79 Å². The number of aromatic nitrogens is 2. The minimum atomic E-state index is -0.432. The fourth-order valence-corrected chi connectivity index (χ4v) is 3.36. The van der Waals surface area contributed by atoms with E-state index in [1.165, 1.54) is 25.2 Å². The molecule has 1 N–H and O–H groups in total. The van der Waals surface area contributed by atoms with E-state index >= 15 is 0 Å². The van der Waals surface area contributed by atoms with Crippen molar-refractivity contribution in [3.8, 4) is 0 Å². The SMILES string of the molecule is CN(C)C(=O)CN=C(NC1CCCC1)N1CCN(c2ncc(F)cn2)CC1. The smallest absolute Gasteiger partial charge is 0.243 e. The van der Waals surface area contributed by atoms with Gasteiger partial charge in [-0.25, -0.2) is 19.4 Å². The Morgan fingerprint density at radius 3 is 2.44 bits per heavy atom. The van der Waals surface area contributed by atoms with E-state index in [-0.39, 0.29) is 12.5 Å². The van der Waals surface area contributed by atoms with Crippen LogP contribution >= 0.6 is 0 Å². The lowest BCUT2D eigenvalue weighted by Gasteiger charge is -2.37. The van der Waals surface area contributed by atoms with Gasteiger partial charge in [0, 0.05) is 46.3 Å². The molecule has 1 saturated carbocycles. The third-order valence-electron chi connectivity index (χ3n) is 5.02. The summed E-state index contributed by atoms with van der Waals surface area (Å²) in [7, 11) is 3.48. The van der Waals surface area contributed by atoms with Crippen LogP contribution in [0.4, 0.5) is 10.3 Å². The summed E-state index contributed by atoms with van der Waals surface area (Å²) in [5, 5.41) is 3.55. The van der Waals surface area contributed by atoms with Gasteiger partial charge in [-0.2, -0.15) is 0 Å². The molecular weight excluding hydrogens is 349 g/mol. The molecule has 1 aliphatic heterocycles. The van der Waals surface area contributed by atoms with Gasteiger partial charge in [-0.3, -0.25) is 4.79 Å². The monoisotopic (exact) mass is 377 g/mol. The lowest BCUT2D eigenvalue weighted by molar-refractivity contribution is -0.127. The van der Waals surface area contributed by atoms with E-state index in [1.807, 2.05) is 4.90 Å². The van der Waals surface area contributed by atoms with Crippen LogP contribution in [-0.4, -0.2) is 84.5 Å². The molecule has 0 aromatic carbocycles. The molecule has 2 heterocycles. The molecule has 0 atom stereocenters. The fourth-order valence-electron chi connectivity index (χ4n) is 3.36. The molecule has 1 saturated heterocycles. The lowest BCUT2D eigenvalue weighted by atomic mass is 10.2. The van der Waals surface area contributed by atoms with E-state index in [9.17, 15) is 9.18 Å². The summed E-state index contributed by atoms with van der Waals surface area (Å²) in [6.07, 6.45) is 7.13. The topological polar surface area (TPSA) is 77.0 Å². The predicted molar refractivity (Wildman–Crippen MR) is 102 cm³/mol. The van der Waals surface area contributed by atoms with Crippen molar-refractivity contribution < 1.29 is 9.18 Å². The lowest BCUT2D eigenvalue weighted by Crippen LogP contribution is -2.54. The van der Waals surface area contributed by atoms with Gasteiger partial charge in [0.2, 0.25) is 11.9 Å². The number of aliphatic imine (C=N–C) groups is 1. The summed E-state index contributed by atoms with van der Waals surface area (Å²) in [6.45, 7) is 3.07. The maximum Gasteiger partial charge on any atom is 0.243 e. The first kappa shape index (κ1) is 19.3. The maximum absolute atomic E-state index is 13.0. The van der Waals surface area contributed by atoms with Crippen LogP contribution in [0.15, 0.2) is 17.4 Å². The van der Waals surface area contributed by atoms with Crippen molar-refractivity contribution in [1.82, 2.24) is 25.1 Å². The fraction of sp³-hybridized carbons (Fsp3) is 0.667. The standard InChI is InChI=1S/C18H28FN7O/c1-24(2)16(27)13-22-18(23-15-5-3-4-6-15)26-9-7-25(8-10-26)17-20-11-14(19)12-21-17/h11-12,15H,3-10,13H2,1-2H3,(H,22,23). The van der Waals surface area contributed by atoms with E-state index in [1.54, 1.807) is 19.0 Å². The van der Waals surface area contributed by atoms with Gasteiger partial charge >= 0.3 is 0 Å². The molecule has 0 bridgehead atoms. The average Bonchev–Trinajstić information content (AvgIpc) is 3.19. The van der Waals surface area contributed by atoms with Gasteiger partial charge in [-0.05, 0) is 12.8 Å². The third-order valence-corrected chi connectivity index (χ3v) is 5.02. The molecule has 0 spiro atoms. The van der Waals surface area contributed by atoms with Gasteiger partial charge in [0.25, 0.3) is 0 Å². The Balaban J connectivity index is 1.62. The number of piperazine rings is 1. The van der Waals surface area contributed by atoms with Gasteiger partial charge in [-0.1, -0.05) is 12.8 Å². The van der Waals surface area contributed by atoms with E-state index in [4.69, 9.17) is 0 Å². The second-order valence-electron chi connectivity index (χ2n) is 7.23. The molecule has 2 fully saturated rings. The van der Waals surface area contributed by atoms with Crippen molar-refractivity contribution in [2.45, 2.75) is 31.7 Å². The molecule has 0 unspecified atom stereocenters. The van der Waals surface area contributed by atoms with Crippen molar-refractivity contribution in [2.75, 3.05) is 51.7 Å². The second-order valence-corrected chi connectivity index (χ2v) is 7.23.